The van der Waals surface area contributed by atoms with Crippen LogP contribution in [0.1, 0.15) is 11.1 Å². The Hall–Kier alpha value is -2.55. The Bertz CT molecular complexity index is 902. The number of esters is 1. The minimum absolute atomic E-state index is 0.174. The van der Waals surface area contributed by atoms with Crippen LogP contribution in [0.15, 0.2) is 35.4 Å². The van der Waals surface area contributed by atoms with Crippen LogP contribution < -0.4 is 0 Å². The molecular weight excluding hydrogens is 401 g/mol. The van der Waals surface area contributed by atoms with Crippen molar-refractivity contribution in [1.82, 2.24) is 4.90 Å². The second-order valence-electron chi connectivity index (χ2n) is 5.83. The molecule has 0 unspecified atom stereocenters. The molecule has 0 saturated heterocycles. The fourth-order valence-electron chi connectivity index (χ4n) is 2.34. The van der Waals surface area contributed by atoms with E-state index in [2.05, 4.69) is 0 Å². The third-order valence-corrected chi connectivity index (χ3v) is 4.74. The predicted octanol–water partition coefficient (Wildman–Crippen LogP) is 4.75. The molecule has 0 aliphatic carbocycles. The van der Waals surface area contributed by atoms with Crippen LogP contribution in [0.5, 0.6) is 0 Å². The van der Waals surface area contributed by atoms with Gasteiger partial charge < -0.3 is 9.64 Å². The summed E-state index contributed by atoms with van der Waals surface area (Å²) in [4.78, 5) is 14.1. The second kappa shape index (κ2) is 9.09. The summed E-state index contributed by atoms with van der Waals surface area (Å²) in [5.74, 6) is -11.1. The highest BCUT2D eigenvalue weighted by Crippen LogP contribution is 2.34. The van der Waals surface area contributed by atoms with Crippen LogP contribution >= 0.6 is 11.8 Å². The Balaban J connectivity index is 2.44. The number of carbonyl (C=O) groups excluding carboxylic acids is 1. The number of thioether (sulfide) groups is 1. The first-order valence-corrected chi connectivity index (χ1v) is 8.86. The minimum atomic E-state index is -2.20. The zero-order chi connectivity index (χ0) is 21.0. The lowest BCUT2D eigenvalue weighted by atomic mass is 10.1. The van der Waals surface area contributed by atoms with Crippen LogP contribution in [0.4, 0.5) is 22.0 Å². The van der Waals surface area contributed by atoms with E-state index < -0.39 is 46.4 Å². The van der Waals surface area contributed by atoms with Gasteiger partial charge in [-0.05, 0) is 6.07 Å². The summed E-state index contributed by atoms with van der Waals surface area (Å²) in [7, 11) is 4.58. The summed E-state index contributed by atoms with van der Waals surface area (Å²) in [6.45, 7) is 0. The number of hydrogen-bond acceptors (Lipinski definition) is 4. The molecule has 0 aliphatic heterocycles. The van der Waals surface area contributed by atoms with Crippen molar-refractivity contribution in [2.45, 2.75) is 10.6 Å². The number of carbonyl (C=O) groups is 1. The lowest BCUT2D eigenvalue weighted by molar-refractivity contribution is -0.133. The molecule has 2 aromatic rings. The summed E-state index contributed by atoms with van der Waals surface area (Å²) >= 11 is 0.832. The van der Waals surface area contributed by atoms with Crippen LogP contribution in [0.3, 0.4) is 0 Å². The summed E-state index contributed by atoms with van der Waals surface area (Å²) < 4.78 is 72.5. The molecule has 0 aromatic heterocycles. The van der Waals surface area contributed by atoms with Crippen molar-refractivity contribution in [3.05, 3.63) is 70.7 Å². The van der Waals surface area contributed by atoms with Gasteiger partial charge in [-0.3, -0.25) is 0 Å². The van der Waals surface area contributed by atoms with Gasteiger partial charge in [0.25, 0.3) is 0 Å². The van der Waals surface area contributed by atoms with Gasteiger partial charge >= 0.3 is 5.97 Å². The van der Waals surface area contributed by atoms with Crippen molar-refractivity contribution < 1.29 is 31.5 Å². The molecule has 0 atom stereocenters. The van der Waals surface area contributed by atoms with Gasteiger partial charge in [0, 0.05) is 42.1 Å². The molecule has 2 rings (SSSR count). The predicted molar refractivity (Wildman–Crippen MR) is 95.9 cm³/mol. The Kier molecular flexibility index (Phi) is 7.06. The van der Waals surface area contributed by atoms with Crippen molar-refractivity contribution in [3.63, 3.8) is 0 Å². The van der Waals surface area contributed by atoms with Crippen molar-refractivity contribution in [2.75, 3.05) is 21.2 Å². The SMILES string of the molecule is COC(=O)C(=CN(C)C)c1ccccc1SCc1c(F)c(F)c(F)c(F)c1F. The molecule has 28 heavy (non-hydrogen) atoms. The van der Waals surface area contributed by atoms with Gasteiger partial charge in [0.05, 0.1) is 12.7 Å². The highest BCUT2D eigenvalue weighted by molar-refractivity contribution is 7.98. The quantitative estimate of drug-likeness (QED) is 0.169. The first-order chi connectivity index (χ1) is 13.2. The molecule has 2 aromatic carbocycles. The van der Waals surface area contributed by atoms with E-state index in [-0.39, 0.29) is 5.57 Å². The largest absolute Gasteiger partial charge is 0.465 e. The normalized spacial score (nSPS) is 11.5. The van der Waals surface area contributed by atoms with Gasteiger partial charge in [-0.2, -0.15) is 0 Å². The van der Waals surface area contributed by atoms with Gasteiger partial charge in [0.2, 0.25) is 5.82 Å². The van der Waals surface area contributed by atoms with Crippen LogP contribution in [-0.4, -0.2) is 32.1 Å². The van der Waals surface area contributed by atoms with E-state index in [1.165, 1.54) is 13.3 Å². The number of methoxy groups -OCH3 is 1. The Morgan fingerprint density at radius 1 is 1.00 bits per heavy atom. The van der Waals surface area contributed by atoms with Gasteiger partial charge in [0.15, 0.2) is 23.3 Å². The van der Waals surface area contributed by atoms with E-state index in [0.717, 1.165) is 11.8 Å². The van der Waals surface area contributed by atoms with Crippen LogP contribution in [0, 0.1) is 29.1 Å². The van der Waals surface area contributed by atoms with E-state index in [0.29, 0.717) is 10.5 Å². The van der Waals surface area contributed by atoms with E-state index in [4.69, 9.17) is 4.74 Å². The van der Waals surface area contributed by atoms with Gasteiger partial charge in [0.1, 0.15) is 0 Å². The number of rotatable bonds is 6. The molecule has 150 valence electrons. The molecule has 0 saturated carbocycles. The smallest absolute Gasteiger partial charge is 0.339 e. The number of halogens is 5. The first kappa shape index (κ1) is 21.7. The second-order valence-corrected chi connectivity index (χ2v) is 6.85. The Labute approximate surface area is 162 Å². The molecule has 0 aliphatic rings. The van der Waals surface area contributed by atoms with Gasteiger partial charge in [-0.1, -0.05) is 18.2 Å². The van der Waals surface area contributed by atoms with Crippen LogP contribution in [-0.2, 0) is 15.3 Å². The van der Waals surface area contributed by atoms with E-state index in [1.807, 2.05) is 0 Å². The first-order valence-electron chi connectivity index (χ1n) is 7.88. The summed E-state index contributed by atoms with van der Waals surface area (Å²) in [6.07, 6.45) is 1.50. The van der Waals surface area contributed by atoms with Crippen LogP contribution in [0.25, 0.3) is 5.57 Å². The van der Waals surface area contributed by atoms with Crippen molar-refractivity contribution >= 4 is 23.3 Å². The van der Waals surface area contributed by atoms with Crippen molar-refractivity contribution in [2.24, 2.45) is 0 Å². The topological polar surface area (TPSA) is 29.5 Å². The molecule has 0 fully saturated rings. The van der Waals surface area contributed by atoms with E-state index >= 15 is 0 Å². The third-order valence-electron chi connectivity index (χ3n) is 3.64. The van der Waals surface area contributed by atoms with Crippen molar-refractivity contribution in [1.29, 1.82) is 0 Å². The fraction of sp³-hybridized carbons (Fsp3) is 0.211. The number of ether oxygens (including phenoxy) is 1. The maximum absolute atomic E-state index is 13.9. The Morgan fingerprint density at radius 2 is 1.54 bits per heavy atom. The zero-order valence-corrected chi connectivity index (χ0v) is 16.0. The van der Waals surface area contributed by atoms with Gasteiger partial charge in [-0.25, -0.2) is 26.7 Å². The molecule has 0 amide bonds. The molecule has 0 heterocycles. The highest BCUT2D eigenvalue weighted by Gasteiger charge is 2.26. The molecule has 3 nitrogen and oxygen atoms in total. The monoisotopic (exact) mass is 417 g/mol. The summed E-state index contributed by atoms with van der Waals surface area (Å²) in [5, 5.41) is 0. The van der Waals surface area contributed by atoms with E-state index in [9.17, 15) is 26.7 Å². The molecular formula is C19H16F5NO2S. The molecule has 0 spiro atoms. The number of benzene rings is 2. The molecule has 0 bridgehead atoms. The zero-order valence-electron chi connectivity index (χ0n) is 15.2. The number of hydrogen-bond donors (Lipinski definition) is 0. The lowest BCUT2D eigenvalue weighted by Crippen LogP contribution is -2.11. The average molecular weight is 417 g/mol. The van der Waals surface area contributed by atoms with Gasteiger partial charge in [-0.15, -0.1) is 11.8 Å². The lowest BCUT2D eigenvalue weighted by Gasteiger charge is -2.14. The summed E-state index contributed by atoms with van der Waals surface area (Å²) in [5.41, 5.74) is -0.364. The standard InChI is InChI=1S/C19H16F5NO2S/c1-25(2)8-11(19(26)27-3)10-6-4-5-7-13(10)28-9-12-14(20)16(22)18(24)17(23)15(12)21/h4-8H,9H2,1-3H3. The van der Waals surface area contributed by atoms with E-state index in [1.54, 1.807) is 43.3 Å². The molecule has 0 N–H and O–H groups in total. The molecule has 9 heteroatoms. The minimum Gasteiger partial charge on any atom is -0.465 e. The fourth-order valence-corrected chi connectivity index (χ4v) is 3.40. The Morgan fingerprint density at radius 3 is 2.07 bits per heavy atom. The van der Waals surface area contributed by atoms with Crippen LogP contribution in [0.2, 0.25) is 0 Å². The maximum atomic E-state index is 13.9. The number of nitrogens with zero attached hydrogens (tertiary/aromatic N) is 1. The average Bonchev–Trinajstić information content (AvgIpc) is 2.68. The van der Waals surface area contributed by atoms with Crippen molar-refractivity contribution in [3.8, 4) is 0 Å². The summed E-state index contributed by atoms with van der Waals surface area (Å²) in [6, 6.07) is 6.42. The third kappa shape index (κ3) is 4.46. The maximum Gasteiger partial charge on any atom is 0.339 e. The highest BCUT2D eigenvalue weighted by atomic mass is 32.2. The molecule has 0 radical (unpaired) electrons.